The van der Waals surface area contributed by atoms with Crippen molar-refractivity contribution < 1.29 is 14.3 Å². The molecule has 106 valence electrons. The van der Waals surface area contributed by atoms with Crippen LogP contribution in [0, 0.1) is 11.3 Å². The highest BCUT2D eigenvalue weighted by Crippen LogP contribution is 2.26. The Morgan fingerprint density at radius 3 is 2.25 bits per heavy atom. The molecule has 1 aromatic rings. The number of carbonyl (C=O) groups excluding carboxylic acids is 2. The molecule has 0 atom stereocenters. The van der Waals surface area contributed by atoms with Gasteiger partial charge in [-0.15, -0.1) is 0 Å². The molecule has 0 aromatic heterocycles. The van der Waals surface area contributed by atoms with Crippen LogP contribution in [-0.2, 0) is 9.53 Å². The lowest BCUT2D eigenvalue weighted by molar-refractivity contribution is -0.116. The molecular weight excluding hydrogens is 327 g/mol. The van der Waals surface area contributed by atoms with Crippen molar-refractivity contribution in [1.29, 1.82) is 5.26 Å². The van der Waals surface area contributed by atoms with Gasteiger partial charge in [-0.1, -0.05) is 34.8 Å². The highest BCUT2D eigenvalue weighted by atomic mass is 35.6. The SMILES string of the molecule is CC(=O)N(C(=O)OCC(Cl)(Cl)Cl)c1ccc(C#N)cc1. The van der Waals surface area contributed by atoms with Gasteiger partial charge >= 0.3 is 6.09 Å². The Morgan fingerprint density at radius 1 is 1.30 bits per heavy atom. The van der Waals surface area contributed by atoms with Crippen molar-refractivity contribution in [1.82, 2.24) is 0 Å². The first kappa shape index (κ1) is 16.6. The summed E-state index contributed by atoms with van der Waals surface area (Å²) in [7, 11) is 0. The molecule has 0 unspecified atom stereocenters. The second-order valence-corrected chi connectivity index (χ2v) is 6.20. The maximum absolute atomic E-state index is 11.8. The number of alkyl halides is 3. The second kappa shape index (κ2) is 6.80. The molecular formula is C12H9Cl3N2O3. The predicted octanol–water partition coefficient (Wildman–Crippen LogP) is 3.42. The number of rotatable bonds is 2. The van der Waals surface area contributed by atoms with Crippen molar-refractivity contribution in [2.24, 2.45) is 0 Å². The Labute approximate surface area is 130 Å². The topological polar surface area (TPSA) is 70.4 Å². The fraction of sp³-hybridized carbons (Fsp3) is 0.250. The maximum atomic E-state index is 11.8. The number of benzene rings is 1. The van der Waals surface area contributed by atoms with E-state index in [-0.39, 0.29) is 5.69 Å². The van der Waals surface area contributed by atoms with Gasteiger partial charge in [-0.3, -0.25) is 4.79 Å². The molecule has 0 saturated heterocycles. The molecule has 8 heteroatoms. The van der Waals surface area contributed by atoms with Crippen LogP contribution in [0.5, 0.6) is 0 Å². The van der Waals surface area contributed by atoms with Gasteiger partial charge in [0.15, 0.2) is 0 Å². The summed E-state index contributed by atoms with van der Waals surface area (Å²) < 4.78 is 2.99. The highest BCUT2D eigenvalue weighted by Gasteiger charge is 2.27. The summed E-state index contributed by atoms with van der Waals surface area (Å²) in [5.74, 6) is -0.566. The van der Waals surface area contributed by atoms with Crippen LogP contribution in [0.3, 0.4) is 0 Å². The molecule has 0 spiro atoms. The Balaban J connectivity index is 2.91. The average Bonchev–Trinajstić information content (AvgIpc) is 2.36. The predicted molar refractivity (Wildman–Crippen MR) is 76.0 cm³/mol. The van der Waals surface area contributed by atoms with Crippen molar-refractivity contribution >= 4 is 52.5 Å². The van der Waals surface area contributed by atoms with Gasteiger partial charge in [-0.2, -0.15) is 5.26 Å². The number of anilines is 1. The minimum atomic E-state index is -1.76. The summed E-state index contributed by atoms with van der Waals surface area (Å²) in [6.07, 6.45) is -0.964. The largest absolute Gasteiger partial charge is 0.444 e. The molecule has 0 fully saturated rings. The first-order valence-corrected chi connectivity index (χ1v) is 6.42. The lowest BCUT2D eigenvalue weighted by atomic mass is 10.2. The van der Waals surface area contributed by atoms with Crippen LogP contribution in [0.2, 0.25) is 0 Å². The third-order valence-electron chi connectivity index (χ3n) is 2.11. The lowest BCUT2D eigenvalue weighted by Gasteiger charge is -2.20. The van der Waals surface area contributed by atoms with Crippen molar-refractivity contribution in [2.75, 3.05) is 11.5 Å². The van der Waals surface area contributed by atoms with Gasteiger partial charge in [0.2, 0.25) is 9.70 Å². The number of amides is 2. The number of hydrogen-bond acceptors (Lipinski definition) is 4. The summed E-state index contributed by atoms with van der Waals surface area (Å²) in [6.45, 7) is 0.700. The van der Waals surface area contributed by atoms with E-state index < -0.39 is 22.4 Å². The smallest absolute Gasteiger partial charge is 0.421 e. The summed E-state index contributed by atoms with van der Waals surface area (Å²) in [6, 6.07) is 7.74. The van der Waals surface area contributed by atoms with E-state index >= 15 is 0 Å². The number of halogens is 3. The summed E-state index contributed by atoms with van der Waals surface area (Å²) in [5.41, 5.74) is 0.651. The fourth-order valence-electron chi connectivity index (χ4n) is 1.31. The summed E-state index contributed by atoms with van der Waals surface area (Å²) in [4.78, 5) is 24.1. The molecule has 20 heavy (non-hydrogen) atoms. The standard InChI is InChI=1S/C12H9Cl3N2O3/c1-8(18)17(11(19)20-7-12(13,14)15)10-4-2-9(6-16)3-5-10/h2-5H,7H2,1H3. The number of imide groups is 1. The average molecular weight is 336 g/mol. The van der Waals surface area contributed by atoms with E-state index in [4.69, 9.17) is 44.8 Å². The van der Waals surface area contributed by atoms with E-state index in [1.165, 1.54) is 31.2 Å². The molecule has 0 heterocycles. The molecule has 0 aliphatic heterocycles. The van der Waals surface area contributed by atoms with E-state index in [2.05, 4.69) is 0 Å². The number of ether oxygens (including phenoxy) is 1. The van der Waals surface area contributed by atoms with E-state index in [1.807, 2.05) is 6.07 Å². The molecule has 2 amide bonds. The molecule has 5 nitrogen and oxygen atoms in total. The molecule has 0 saturated carbocycles. The number of carbonyl (C=O) groups is 2. The van der Waals surface area contributed by atoms with Crippen molar-refractivity contribution in [3.8, 4) is 6.07 Å². The molecule has 0 radical (unpaired) electrons. The van der Waals surface area contributed by atoms with E-state index in [1.54, 1.807) is 0 Å². The number of nitriles is 1. The van der Waals surface area contributed by atoms with Crippen molar-refractivity contribution in [2.45, 2.75) is 10.7 Å². The van der Waals surface area contributed by atoms with Gasteiger partial charge in [0.05, 0.1) is 17.3 Å². The zero-order chi connectivity index (χ0) is 15.3. The zero-order valence-electron chi connectivity index (χ0n) is 10.3. The van der Waals surface area contributed by atoms with Crippen LogP contribution in [0.15, 0.2) is 24.3 Å². The molecule has 0 aliphatic carbocycles. The van der Waals surface area contributed by atoms with Crippen molar-refractivity contribution in [3.05, 3.63) is 29.8 Å². The van der Waals surface area contributed by atoms with Crippen LogP contribution >= 0.6 is 34.8 Å². The molecule has 1 rings (SSSR count). The Bertz CT molecular complexity index is 547. The number of hydrogen-bond donors (Lipinski definition) is 0. The summed E-state index contributed by atoms with van der Waals surface area (Å²) in [5, 5.41) is 8.69. The number of nitrogens with zero attached hydrogens (tertiary/aromatic N) is 2. The van der Waals surface area contributed by atoms with E-state index in [9.17, 15) is 9.59 Å². The first-order chi connectivity index (χ1) is 9.24. The minimum absolute atomic E-state index is 0.255. The van der Waals surface area contributed by atoms with Crippen LogP contribution < -0.4 is 4.90 Å². The van der Waals surface area contributed by atoms with Crippen LogP contribution in [0.4, 0.5) is 10.5 Å². The van der Waals surface area contributed by atoms with E-state index in [0.29, 0.717) is 5.56 Å². The van der Waals surface area contributed by atoms with E-state index in [0.717, 1.165) is 4.90 Å². The van der Waals surface area contributed by atoms with Crippen molar-refractivity contribution in [3.63, 3.8) is 0 Å². The monoisotopic (exact) mass is 334 g/mol. The van der Waals surface area contributed by atoms with Gasteiger partial charge < -0.3 is 4.74 Å². The van der Waals surface area contributed by atoms with Crippen LogP contribution in [-0.4, -0.2) is 22.4 Å². The third kappa shape index (κ3) is 4.89. The Morgan fingerprint density at radius 2 is 1.85 bits per heavy atom. The molecule has 1 aromatic carbocycles. The first-order valence-electron chi connectivity index (χ1n) is 5.29. The normalized spacial score (nSPS) is 10.6. The van der Waals surface area contributed by atoms with Crippen LogP contribution in [0.25, 0.3) is 0 Å². The fourth-order valence-corrected chi connectivity index (χ4v) is 1.47. The molecule has 0 bridgehead atoms. The van der Waals surface area contributed by atoms with Gasteiger partial charge in [-0.05, 0) is 24.3 Å². The highest BCUT2D eigenvalue weighted by molar-refractivity contribution is 6.67. The molecule has 0 N–H and O–H groups in total. The zero-order valence-corrected chi connectivity index (χ0v) is 12.5. The Hall–Kier alpha value is -1.48. The van der Waals surface area contributed by atoms with Gasteiger partial charge in [0.1, 0.15) is 6.61 Å². The second-order valence-electron chi connectivity index (χ2n) is 3.68. The Kier molecular flexibility index (Phi) is 5.63. The quantitative estimate of drug-likeness (QED) is 0.776. The van der Waals surface area contributed by atoms with Gasteiger partial charge in [0.25, 0.3) is 0 Å². The third-order valence-corrected chi connectivity index (χ3v) is 2.44. The van der Waals surface area contributed by atoms with Gasteiger partial charge in [-0.25, -0.2) is 9.69 Å². The maximum Gasteiger partial charge on any atom is 0.421 e. The minimum Gasteiger partial charge on any atom is -0.444 e. The molecule has 0 aliphatic rings. The van der Waals surface area contributed by atoms with Crippen LogP contribution in [0.1, 0.15) is 12.5 Å². The summed E-state index contributed by atoms with van der Waals surface area (Å²) >= 11 is 16.4. The van der Waals surface area contributed by atoms with Gasteiger partial charge in [0, 0.05) is 6.92 Å². The lowest BCUT2D eigenvalue weighted by Crippen LogP contribution is -2.37.